The van der Waals surface area contributed by atoms with Gasteiger partial charge in [0, 0.05) is 16.9 Å². The Morgan fingerprint density at radius 1 is 1.15 bits per heavy atom. The van der Waals surface area contributed by atoms with Crippen LogP contribution in [0.15, 0.2) is 11.1 Å². The number of aliphatic hydroxyl groups excluding tert-OH is 1. The Bertz CT molecular complexity index is 787. The maximum absolute atomic E-state index is 12.3. The second-order valence-electron chi connectivity index (χ2n) is 9.99. The van der Waals surface area contributed by atoms with Crippen molar-refractivity contribution in [3.8, 4) is 12.1 Å². The smallest absolute Gasteiger partial charge is 0.133 e. The molecule has 0 amide bonds. The van der Waals surface area contributed by atoms with Gasteiger partial charge in [0.15, 0.2) is 0 Å². The van der Waals surface area contributed by atoms with Crippen LogP contribution in [0.5, 0.6) is 0 Å². The molecule has 0 heterocycles. The lowest BCUT2D eigenvalue weighted by Gasteiger charge is -2.59. The van der Waals surface area contributed by atoms with Gasteiger partial charge in [-0.15, -0.1) is 0 Å². The summed E-state index contributed by atoms with van der Waals surface area (Å²) in [5.41, 5.74) is 1.60. The molecule has 4 aliphatic rings. The van der Waals surface area contributed by atoms with Gasteiger partial charge in [0.2, 0.25) is 0 Å². The van der Waals surface area contributed by atoms with Crippen molar-refractivity contribution < 1.29 is 9.90 Å². The average molecular weight is 367 g/mol. The molecule has 0 saturated heterocycles. The third-order valence-corrected chi connectivity index (χ3v) is 9.11. The molecule has 8 atom stereocenters. The zero-order valence-electron chi connectivity index (χ0n) is 16.7. The van der Waals surface area contributed by atoms with Gasteiger partial charge in [-0.2, -0.15) is 10.5 Å². The van der Waals surface area contributed by atoms with Crippen LogP contribution in [-0.4, -0.2) is 17.0 Å². The zero-order valence-corrected chi connectivity index (χ0v) is 16.7. The van der Waals surface area contributed by atoms with E-state index in [4.69, 9.17) is 0 Å². The predicted octanol–water partition coefficient (Wildman–Crippen LogP) is 4.16. The quantitative estimate of drug-likeness (QED) is 0.755. The van der Waals surface area contributed by atoms with E-state index in [1.165, 1.54) is 0 Å². The molecule has 4 heteroatoms. The molecule has 144 valence electrons. The summed E-state index contributed by atoms with van der Waals surface area (Å²) in [5, 5.41) is 30.1. The molecule has 3 saturated carbocycles. The van der Waals surface area contributed by atoms with Gasteiger partial charge in [-0.1, -0.05) is 13.8 Å². The maximum atomic E-state index is 12.3. The maximum Gasteiger partial charge on any atom is 0.133 e. The molecule has 2 unspecified atom stereocenters. The lowest BCUT2D eigenvalue weighted by Crippen LogP contribution is -2.54. The van der Waals surface area contributed by atoms with Gasteiger partial charge in [-0.25, -0.2) is 0 Å². The van der Waals surface area contributed by atoms with Crippen LogP contribution in [-0.2, 0) is 4.79 Å². The largest absolute Gasteiger partial charge is 0.393 e. The predicted molar refractivity (Wildman–Crippen MR) is 101 cm³/mol. The van der Waals surface area contributed by atoms with Gasteiger partial charge < -0.3 is 5.11 Å². The van der Waals surface area contributed by atoms with Gasteiger partial charge in [-0.05, 0) is 80.6 Å². The summed E-state index contributed by atoms with van der Waals surface area (Å²) in [6, 6.07) is 4.94. The number of Topliss-reactive ketones (excluding diaryl/α,β-unsaturated/α-hetero) is 1. The van der Waals surface area contributed by atoms with Crippen LogP contribution < -0.4 is 0 Å². The van der Waals surface area contributed by atoms with Gasteiger partial charge in [0.25, 0.3) is 0 Å². The Morgan fingerprint density at radius 3 is 2.52 bits per heavy atom. The lowest BCUT2D eigenvalue weighted by atomic mass is 9.44. The van der Waals surface area contributed by atoms with Crippen molar-refractivity contribution >= 4 is 5.78 Å². The minimum absolute atomic E-state index is 0.0394. The number of carbonyl (C=O) groups is 1. The first-order valence-corrected chi connectivity index (χ1v) is 10.5. The van der Waals surface area contributed by atoms with E-state index in [9.17, 15) is 20.4 Å². The highest BCUT2D eigenvalue weighted by Gasteiger charge is 2.62. The number of ketones is 1. The van der Waals surface area contributed by atoms with E-state index < -0.39 is 6.10 Å². The molecular weight excluding hydrogens is 336 g/mol. The lowest BCUT2D eigenvalue weighted by molar-refractivity contribution is -0.128. The molecule has 1 N–H and O–H groups in total. The molecule has 0 aromatic rings. The molecule has 4 aliphatic carbocycles. The summed E-state index contributed by atoms with van der Waals surface area (Å²) in [4.78, 5) is 12.3. The number of nitriles is 2. The standard InChI is InChI=1S/C23H30N2O2/c1-13(26)18-4-5-19-17-8-14(11-24)21-10-16(27)9-15(12-25)23(21,3)20(17)6-7-22(18,19)2/h15-20,27H,4-10H2,1-3H3/t15?,16?,17-,18+,19-,20-,22+,23+/m0/s1. The molecular formula is C23H30N2O2. The average Bonchev–Trinajstić information content (AvgIpc) is 2.98. The Hall–Kier alpha value is -1.65. The molecule has 27 heavy (non-hydrogen) atoms. The van der Waals surface area contributed by atoms with Crippen molar-refractivity contribution in [3.05, 3.63) is 11.1 Å². The zero-order chi connectivity index (χ0) is 19.6. The summed E-state index contributed by atoms with van der Waals surface area (Å²) in [5.74, 6) is 1.44. The van der Waals surface area contributed by atoms with Crippen LogP contribution in [0.25, 0.3) is 0 Å². The van der Waals surface area contributed by atoms with Crippen LogP contribution >= 0.6 is 0 Å². The van der Waals surface area contributed by atoms with Crippen LogP contribution in [0.2, 0.25) is 0 Å². The Morgan fingerprint density at radius 2 is 1.89 bits per heavy atom. The van der Waals surface area contributed by atoms with Gasteiger partial charge in [0.05, 0.1) is 24.2 Å². The fourth-order valence-electron chi connectivity index (χ4n) is 7.84. The molecule has 0 bridgehead atoms. The normalized spacial score (nSPS) is 48.7. The Kier molecular flexibility index (Phi) is 4.28. The van der Waals surface area contributed by atoms with E-state index in [1.54, 1.807) is 6.92 Å². The molecule has 4 nitrogen and oxygen atoms in total. The third-order valence-electron chi connectivity index (χ3n) is 9.11. The van der Waals surface area contributed by atoms with E-state index in [1.807, 2.05) is 0 Å². The highest BCUT2D eigenvalue weighted by molar-refractivity contribution is 5.79. The number of hydrogen-bond donors (Lipinski definition) is 1. The van der Waals surface area contributed by atoms with E-state index in [0.717, 1.165) is 43.3 Å². The van der Waals surface area contributed by atoms with E-state index in [2.05, 4.69) is 26.0 Å². The number of nitrogens with zero attached hydrogens (tertiary/aromatic N) is 2. The van der Waals surface area contributed by atoms with Crippen molar-refractivity contribution in [3.63, 3.8) is 0 Å². The molecule has 0 aliphatic heterocycles. The van der Waals surface area contributed by atoms with Crippen molar-refractivity contribution in [1.29, 1.82) is 10.5 Å². The molecule has 0 aromatic heterocycles. The summed E-state index contributed by atoms with van der Waals surface area (Å²) in [7, 11) is 0. The van der Waals surface area contributed by atoms with E-state index in [-0.39, 0.29) is 22.7 Å². The van der Waals surface area contributed by atoms with Crippen LogP contribution in [0.3, 0.4) is 0 Å². The van der Waals surface area contributed by atoms with Crippen molar-refractivity contribution in [2.24, 2.45) is 40.4 Å². The molecule has 0 spiro atoms. The minimum Gasteiger partial charge on any atom is -0.393 e. The van der Waals surface area contributed by atoms with E-state index >= 15 is 0 Å². The first-order valence-electron chi connectivity index (χ1n) is 10.5. The number of hydrogen-bond acceptors (Lipinski definition) is 4. The number of fused-ring (bicyclic) bond motifs is 5. The van der Waals surface area contributed by atoms with Gasteiger partial charge in [0.1, 0.15) is 5.78 Å². The highest BCUT2D eigenvalue weighted by atomic mass is 16.3. The SMILES string of the molecule is CC(=O)[C@H]1CC[C@H]2[C@@H]3CC(C#N)=C4CC(O)CC(C#N)[C@]4(C)[C@H]3CC[C@]12C. The molecule has 4 rings (SSSR count). The second-order valence-corrected chi connectivity index (χ2v) is 9.99. The summed E-state index contributed by atoms with van der Waals surface area (Å²) < 4.78 is 0. The summed E-state index contributed by atoms with van der Waals surface area (Å²) in [6.45, 7) is 6.23. The number of rotatable bonds is 1. The first kappa shape index (κ1) is 18.7. The van der Waals surface area contributed by atoms with Crippen molar-refractivity contribution in [2.75, 3.05) is 0 Å². The molecule has 0 radical (unpaired) electrons. The summed E-state index contributed by atoms with van der Waals surface area (Å²) in [6.07, 6.45) is 5.39. The Labute approximate surface area is 162 Å². The highest BCUT2D eigenvalue weighted by Crippen LogP contribution is 2.68. The van der Waals surface area contributed by atoms with Crippen LogP contribution in [0, 0.1) is 63.1 Å². The van der Waals surface area contributed by atoms with Crippen molar-refractivity contribution in [1.82, 2.24) is 0 Å². The molecule has 0 aromatic carbocycles. The second kappa shape index (κ2) is 6.18. The van der Waals surface area contributed by atoms with Gasteiger partial charge in [-0.3, -0.25) is 4.79 Å². The molecule has 3 fully saturated rings. The Balaban J connectivity index is 1.80. The third kappa shape index (κ3) is 2.39. The monoisotopic (exact) mass is 366 g/mol. The summed E-state index contributed by atoms with van der Waals surface area (Å²) >= 11 is 0. The van der Waals surface area contributed by atoms with Crippen molar-refractivity contribution in [2.45, 2.75) is 71.8 Å². The number of aliphatic hydroxyl groups is 1. The minimum atomic E-state index is -0.514. The van der Waals surface area contributed by atoms with Crippen LogP contribution in [0.1, 0.15) is 65.7 Å². The topological polar surface area (TPSA) is 84.9 Å². The first-order chi connectivity index (χ1) is 12.8. The fraction of sp³-hybridized carbons (Fsp3) is 0.783. The van der Waals surface area contributed by atoms with Crippen LogP contribution in [0.4, 0.5) is 0 Å². The fourth-order valence-corrected chi connectivity index (χ4v) is 7.84. The number of carbonyl (C=O) groups excluding carboxylic acids is 1. The number of allylic oxidation sites excluding steroid dienone is 1. The van der Waals surface area contributed by atoms with E-state index in [0.29, 0.717) is 36.4 Å². The van der Waals surface area contributed by atoms with Gasteiger partial charge >= 0.3 is 0 Å².